The summed E-state index contributed by atoms with van der Waals surface area (Å²) in [6, 6.07) is 7.09. The van der Waals surface area contributed by atoms with Crippen LogP contribution in [0.25, 0.3) is 0 Å². The quantitative estimate of drug-likeness (QED) is 0.851. The Bertz CT molecular complexity index is 369. The number of nitrogens with zero attached hydrogens (tertiary/aromatic N) is 1. The van der Waals surface area contributed by atoms with E-state index >= 15 is 0 Å². The smallest absolute Gasteiger partial charge is 0.123 e. The number of likely N-dealkylation sites (tertiary alicyclic amines) is 1. The van der Waals surface area contributed by atoms with Crippen LogP contribution in [0.3, 0.4) is 0 Å². The number of thioether (sulfide) groups is 1. The molecule has 18 heavy (non-hydrogen) atoms. The lowest BCUT2D eigenvalue weighted by Gasteiger charge is -2.34. The summed E-state index contributed by atoms with van der Waals surface area (Å²) in [5.41, 5.74) is 6.01. The zero-order valence-corrected chi connectivity index (χ0v) is 11.6. The van der Waals surface area contributed by atoms with E-state index in [1.54, 1.807) is 11.8 Å². The van der Waals surface area contributed by atoms with Gasteiger partial charge in [-0.3, -0.25) is 0 Å². The van der Waals surface area contributed by atoms with Gasteiger partial charge in [0.15, 0.2) is 0 Å². The van der Waals surface area contributed by atoms with Gasteiger partial charge in [0.2, 0.25) is 0 Å². The Kier molecular flexibility index (Phi) is 5.03. The monoisotopic (exact) mass is 268 g/mol. The Hall–Kier alpha value is -0.580. The second-order valence-electron chi connectivity index (χ2n) is 5.03. The normalized spacial score (nSPS) is 25.3. The molecule has 0 aliphatic carbocycles. The van der Waals surface area contributed by atoms with Crippen molar-refractivity contribution in [2.45, 2.75) is 24.3 Å². The molecule has 0 aromatic heterocycles. The number of halogens is 1. The standard InChI is InChI=1S/C14H21FN2S/c1-11-10-17(7-6-14(11)16)8-9-18-13-4-2-12(15)3-5-13/h2-5,11,14H,6-10,16H2,1H3. The maximum absolute atomic E-state index is 12.8. The molecule has 0 bridgehead atoms. The summed E-state index contributed by atoms with van der Waals surface area (Å²) in [6.45, 7) is 5.52. The van der Waals surface area contributed by atoms with Crippen molar-refractivity contribution in [1.82, 2.24) is 4.90 Å². The molecule has 2 nitrogen and oxygen atoms in total. The van der Waals surface area contributed by atoms with Crippen LogP contribution in [0.15, 0.2) is 29.2 Å². The molecular formula is C14H21FN2S. The first-order valence-corrected chi connectivity index (χ1v) is 7.50. The molecule has 2 atom stereocenters. The molecule has 1 aliphatic heterocycles. The van der Waals surface area contributed by atoms with E-state index in [2.05, 4.69) is 11.8 Å². The molecule has 0 saturated carbocycles. The van der Waals surface area contributed by atoms with Crippen molar-refractivity contribution < 1.29 is 4.39 Å². The van der Waals surface area contributed by atoms with E-state index in [-0.39, 0.29) is 5.82 Å². The number of piperidine rings is 1. The predicted octanol–water partition coefficient (Wildman–Crippen LogP) is 2.59. The number of rotatable bonds is 4. The van der Waals surface area contributed by atoms with Gasteiger partial charge in [0, 0.05) is 29.8 Å². The van der Waals surface area contributed by atoms with Crippen LogP contribution in [0.2, 0.25) is 0 Å². The lowest BCUT2D eigenvalue weighted by molar-refractivity contribution is 0.173. The molecule has 1 fully saturated rings. The molecule has 1 aromatic carbocycles. The average Bonchev–Trinajstić information content (AvgIpc) is 2.36. The second kappa shape index (κ2) is 6.55. The summed E-state index contributed by atoms with van der Waals surface area (Å²) in [5.74, 6) is 1.47. The molecule has 1 aromatic rings. The summed E-state index contributed by atoms with van der Waals surface area (Å²) in [5, 5.41) is 0. The Balaban J connectivity index is 1.71. The van der Waals surface area contributed by atoms with Crippen LogP contribution in [0.4, 0.5) is 4.39 Å². The Morgan fingerprint density at radius 1 is 1.39 bits per heavy atom. The molecule has 1 aliphatic rings. The van der Waals surface area contributed by atoms with E-state index in [1.165, 1.54) is 12.1 Å². The minimum absolute atomic E-state index is 0.168. The van der Waals surface area contributed by atoms with E-state index in [4.69, 9.17) is 5.73 Å². The van der Waals surface area contributed by atoms with Crippen LogP contribution in [-0.4, -0.2) is 36.3 Å². The molecule has 2 rings (SSSR count). The first-order valence-electron chi connectivity index (χ1n) is 6.51. The van der Waals surface area contributed by atoms with E-state index in [0.29, 0.717) is 12.0 Å². The maximum Gasteiger partial charge on any atom is 0.123 e. The minimum atomic E-state index is -0.168. The highest BCUT2D eigenvalue weighted by Crippen LogP contribution is 2.20. The van der Waals surface area contributed by atoms with Gasteiger partial charge in [-0.25, -0.2) is 4.39 Å². The van der Waals surface area contributed by atoms with Crippen LogP contribution in [0.5, 0.6) is 0 Å². The third-order valence-corrected chi connectivity index (χ3v) is 4.54. The molecule has 1 heterocycles. The summed E-state index contributed by atoms with van der Waals surface area (Å²) >= 11 is 1.79. The molecule has 2 N–H and O–H groups in total. The summed E-state index contributed by atoms with van der Waals surface area (Å²) in [4.78, 5) is 3.61. The SMILES string of the molecule is CC1CN(CCSc2ccc(F)cc2)CCC1N. The van der Waals surface area contributed by atoms with E-state index in [1.807, 2.05) is 12.1 Å². The third-order valence-electron chi connectivity index (χ3n) is 3.55. The number of benzene rings is 1. The molecule has 4 heteroatoms. The van der Waals surface area contributed by atoms with Crippen LogP contribution in [0, 0.1) is 11.7 Å². The van der Waals surface area contributed by atoms with Gasteiger partial charge in [-0.15, -0.1) is 11.8 Å². The molecule has 0 spiro atoms. The van der Waals surface area contributed by atoms with Crippen molar-refractivity contribution in [1.29, 1.82) is 0 Å². The topological polar surface area (TPSA) is 29.3 Å². The molecule has 0 amide bonds. The van der Waals surface area contributed by atoms with Gasteiger partial charge in [-0.2, -0.15) is 0 Å². The number of nitrogens with two attached hydrogens (primary N) is 1. The van der Waals surface area contributed by atoms with Gasteiger partial charge in [-0.1, -0.05) is 6.92 Å². The summed E-state index contributed by atoms with van der Waals surface area (Å²) in [6.07, 6.45) is 1.10. The summed E-state index contributed by atoms with van der Waals surface area (Å²) < 4.78 is 12.8. The van der Waals surface area contributed by atoms with Crippen molar-refractivity contribution in [3.8, 4) is 0 Å². The highest BCUT2D eigenvalue weighted by atomic mass is 32.2. The number of hydrogen-bond donors (Lipinski definition) is 1. The number of hydrogen-bond acceptors (Lipinski definition) is 3. The zero-order valence-electron chi connectivity index (χ0n) is 10.8. The lowest BCUT2D eigenvalue weighted by atomic mass is 9.95. The average molecular weight is 268 g/mol. The van der Waals surface area contributed by atoms with Crippen LogP contribution in [0.1, 0.15) is 13.3 Å². The first kappa shape index (κ1) is 13.8. The highest BCUT2D eigenvalue weighted by Gasteiger charge is 2.22. The van der Waals surface area contributed by atoms with Crippen LogP contribution >= 0.6 is 11.8 Å². The van der Waals surface area contributed by atoms with Crippen molar-refractivity contribution >= 4 is 11.8 Å². The lowest BCUT2D eigenvalue weighted by Crippen LogP contribution is -2.46. The maximum atomic E-state index is 12.8. The Labute approximate surface area is 113 Å². The molecule has 0 radical (unpaired) electrons. The largest absolute Gasteiger partial charge is 0.327 e. The van der Waals surface area contributed by atoms with Crippen molar-refractivity contribution in [3.05, 3.63) is 30.1 Å². The first-order chi connectivity index (χ1) is 8.65. The Morgan fingerprint density at radius 2 is 2.11 bits per heavy atom. The minimum Gasteiger partial charge on any atom is -0.327 e. The highest BCUT2D eigenvalue weighted by molar-refractivity contribution is 7.99. The van der Waals surface area contributed by atoms with E-state index < -0.39 is 0 Å². The van der Waals surface area contributed by atoms with Crippen molar-refractivity contribution in [3.63, 3.8) is 0 Å². The van der Waals surface area contributed by atoms with Gasteiger partial charge in [0.25, 0.3) is 0 Å². The van der Waals surface area contributed by atoms with Crippen LogP contribution < -0.4 is 5.73 Å². The van der Waals surface area contributed by atoms with Gasteiger partial charge >= 0.3 is 0 Å². The molecular weight excluding hydrogens is 247 g/mol. The fourth-order valence-electron chi connectivity index (χ4n) is 2.28. The summed E-state index contributed by atoms with van der Waals surface area (Å²) in [7, 11) is 0. The van der Waals surface area contributed by atoms with Gasteiger partial charge in [-0.05, 0) is 43.1 Å². The Morgan fingerprint density at radius 3 is 2.78 bits per heavy atom. The van der Waals surface area contributed by atoms with Crippen LogP contribution in [-0.2, 0) is 0 Å². The fourth-order valence-corrected chi connectivity index (χ4v) is 3.19. The van der Waals surface area contributed by atoms with E-state index in [0.717, 1.165) is 36.7 Å². The zero-order chi connectivity index (χ0) is 13.0. The van der Waals surface area contributed by atoms with Crippen molar-refractivity contribution in [2.75, 3.05) is 25.4 Å². The predicted molar refractivity (Wildman–Crippen MR) is 75.3 cm³/mol. The van der Waals surface area contributed by atoms with E-state index in [9.17, 15) is 4.39 Å². The van der Waals surface area contributed by atoms with Crippen molar-refractivity contribution in [2.24, 2.45) is 11.7 Å². The third kappa shape index (κ3) is 3.97. The van der Waals surface area contributed by atoms with Gasteiger partial charge in [0.1, 0.15) is 5.82 Å². The molecule has 1 saturated heterocycles. The molecule has 2 unspecified atom stereocenters. The van der Waals surface area contributed by atoms with Gasteiger partial charge in [0.05, 0.1) is 0 Å². The van der Waals surface area contributed by atoms with Gasteiger partial charge < -0.3 is 10.6 Å². The fraction of sp³-hybridized carbons (Fsp3) is 0.571. The second-order valence-corrected chi connectivity index (χ2v) is 6.20. The molecule has 100 valence electrons.